The number of piperazine rings is 1. The van der Waals surface area contributed by atoms with Crippen LogP contribution in [0.3, 0.4) is 0 Å². The van der Waals surface area contributed by atoms with Crippen LogP contribution in [0.15, 0.2) is 60.6 Å². The molecule has 0 saturated carbocycles. The standard InChI is InChI=1S/C20H23N5O2/c1-24-10-12-25(13-11-24)23-20(27)18(14-16-6-5-9-21-15-16)22-19(26)17-7-3-2-4-8-17/h2-9,14-15H,10-13H2,1H3,(H,22,26)(H,23,27)/p+1/b18-14+. The predicted molar refractivity (Wildman–Crippen MR) is 102 cm³/mol. The van der Waals surface area contributed by atoms with Crippen molar-refractivity contribution in [3.8, 4) is 0 Å². The highest BCUT2D eigenvalue weighted by molar-refractivity contribution is 6.05. The van der Waals surface area contributed by atoms with E-state index in [2.05, 4.69) is 22.8 Å². The van der Waals surface area contributed by atoms with E-state index in [0.29, 0.717) is 5.56 Å². The number of amides is 2. The second kappa shape index (κ2) is 9.07. The quantitative estimate of drug-likeness (QED) is 0.636. The molecule has 1 saturated heterocycles. The molecule has 1 aliphatic rings. The fraction of sp³-hybridized carbons (Fsp3) is 0.250. The van der Waals surface area contributed by atoms with Crippen LogP contribution < -0.4 is 15.6 Å². The van der Waals surface area contributed by atoms with Gasteiger partial charge in [0.2, 0.25) is 0 Å². The third-order valence-corrected chi connectivity index (χ3v) is 4.40. The van der Waals surface area contributed by atoms with Gasteiger partial charge in [0.15, 0.2) is 0 Å². The van der Waals surface area contributed by atoms with E-state index in [-0.39, 0.29) is 17.5 Å². The Morgan fingerprint density at radius 2 is 1.85 bits per heavy atom. The summed E-state index contributed by atoms with van der Waals surface area (Å²) in [5.41, 5.74) is 4.30. The lowest BCUT2D eigenvalue weighted by Gasteiger charge is -2.30. The summed E-state index contributed by atoms with van der Waals surface area (Å²) in [5, 5.41) is 4.62. The summed E-state index contributed by atoms with van der Waals surface area (Å²) in [6.07, 6.45) is 4.93. The SMILES string of the molecule is C[NH+]1CCN(NC(=O)/C(=C\c2cccnc2)NC(=O)c2ccccc2)CC1. The fourth-order valence-corrected chi connectivity index (χ4v) is 2.77. The van der Waals surface area contributed by atoms with Crippen LogP contribution in [-0.4, -0.2) is 55.0 Å². The van der Waals surface area contributed by atoms with Gasteiger partial charge in [0.05, 0.1) is 33.2 Å². The maximum Gasteiger partial charge on any atom is 0.282 e. The highest BCUT2D eigenvalue weighted by atomic mass is 16.2. The van der Waals surface area contributed by atoms with E-state index in [9.17, 15) is 9.59 Å². The highest BCUT2D eigenvalue weighted by Gasteiger charge is 2.21. The number of benzene rings is 1. The van der Waals surface area contributed by atoms with E-state index >= 15 is 0 Å². The third-order valence-electron chi connectivity index (χ3n) is 4.40. The minimum Gasteiger partial charge on any atom is -0.335 e. The number of hydrogen-bond acceptors (Lipinski definition) is 4. The Morgan fingerprint density at radius 3 is 2.52 bits per heavy atom. The van der Waals surface area contributed by atoms with Gasteiger partial charge in [-0.25, -0.2) is 5.01 Å². The van der Waals surface area contributed by atoms with Crippen LogP contribution in [0, 0.1) is 0 Å². The first-order valence-electron chi connectivity index (χ1n) is 8.97. The topological polar surface area (TPSA) is 78.8 Å². The van der Waals surface area contributed by atoms with Gasteiger partial charge in [-0.05, 0) is 29.8 Å². The molecule has 3 N–H and O–H groups in total. The van der Waals surface area contributed by atoms with Crippen LogP contribution in [0.5, 0.6) is 0 Å². The van der Waals surface area contributed by atoms with Crippen molar-refractivity contribution in [2.24, 2.45) is 0 Å². The average Bonchev–Trinajstić information content (AvgIpc) is 2.70. The van der Waals surface area contributed by atoms with Crippen LogP contribution in [0.2, 0.25) is 0 Å². The van der Waals surface area contributed by atoms with Crippen molar-refractivity contribution in [3.05, 3.63) is 71.7 Å². The number of hydrazine groups is 1. The van der Waals surface area contributed by atoms with E-state index in [1.807, 2.05) is 17.1 Å². The maximum absolute atomic E-state index is 12.8. The number of pyridine rings is 1. The van der Waals surface area contributed by atoms with Crippen LogP contribution in [0.1, 0.15) is 15.9 Å². The van der Waals surface area contributed by atoms with Gasteiger partial charge in [-0.2, -0.15) is 0 Å². The van der Waals surface area contributed by atoms with Gasteiger partial charge >= 0.3 is 0 Å². The molecule has 0 bridgehead atoms. The first-order valence-corrected chi connectivity index (χ1v) is 8.97. The Hall–Kier alpha value is -3.03. The minimum atomic E-state index is -0.345. The summed E-state index contributed by atoms with van der Waals surface area (Å²) in [6.45, 7) is 3.45. The third kappa shape index (κ3) is 5.47. The Balaban J connectivity index is 1.76. The summed E-state index contributed by atoms with van der Waals surface area (Å²) in [6, 6.07) is 12.4. The highest BCUT2D eigenvalue weighted by Crippen LogP contribution is 2.06. The molecule has 7 heteroatoms. The molecule has 140 valence electrons. The van der Waals surface area contributed by atoms with Crippen molar-refractivity contribution in [2.45, 2.75) is 0 Å². The van der Waals surface area contributed by atoms with Crippen molar-refractivity contribution in [1.82, 2.24) is 20.7 Å². The number of nitrogens with zero attached hydrogens (tertiary/aromatic N) is 2. The van der Waals surface area contributed by atoms with Crippen LogP contribution in [-0.2, 0) is 4.79 Å². The number of carbonyl (C=O) groups is 2. The van der Waals surface area contributed by atoms with Crippen LogP contribution >= 0.6 is 0 Å². The molecule has 27 heavy (non-hydrogen) atoms. The molecular weight excluding hydrogens is 342 g/mol. The van der Waals surface area contributed by atoms with Gasteiger partial charge in [0.1, 0.15) is 5.70 Å². The molecular formula is C20H24N5O2+. The second-order valence-corrected chi connectivity index (χ2v) is 6.55. The number of carbonyl (C=O) groups excluding carboxylic acids is 2. The number of nitrogens with one attached hydrogen (secondary N) is 3. The molecule has 2 amide bonds. The smallest absolute Gasteiger partial charge is 0.282 e. The molecule has 2 aromatic rings. The molecule has 1 fully saturated rings. The molecule has 0 radical (unpaired) electrons. The zero-order valence-corrected chi connectivity index (χ0v) is 15.3. The van der Waals surface area contributed by atoms with Crippen LogP contribution in [0.4, 0.5) is 0 Å². The van der Waals surface area contributed by atoms with Crippen LogP contribution in [0.25, 0.3) is 6.08 Å². The van der Waals surface area contributed by atoms with Crippen molar-refractivity contribution in [3.63, 3.8) is 0 Å². The molecule has 1 aromatic heterocycles. The Bertz CT molecular complexity index is 800. The molecule has 7 nitrogen and oxygen atoms in total. The lowest BCUT2D eigenvalue weighted by atomic mass is 10.2. The summed E-state index contributed by atoms with van der Waals surface area (Å²) >= 11 is 0. The first-order chi connectivity index (χ1) is 13.1. The molecule has 1 aliphatic heterocycles. The lowest BCUT2D eigenvalue weighted by molar-refractivity contribution is -0.884. The summed E-state index contributed by atoms with van der Waals surface area (Å²) in [7, 11) is 2.13. The van der Waals surface area contributed by atoms with Gasteiger partial charge in [-0.1, -0.05) is 24.3 Å². The normalized spacial score (nSPS) is 16.0. The molecule has 3 rings (SSSR count). The zero-order valence-electron chi connectivity index (χ0n) is 15.3. The van der Waals surface area contributed by atoms with Crippen molar-refractivity contribution >= 4 is 17.9 Å². The van der Waals surface area contributed by atoms with Gasteiger partial charge in [0, 0.05) is 18.0 Å². The number of rotatable bonds is 5. The summed E-state index contributed by atoms with van der Waals surface area (Å²) in [5.74, 6) is -0.675. The van der Waals surface area contributed by atoms with E-state index in [1.165, 1.54) is 4.90 Å². The molecule has 0 aliphatic carbocycles. The number of likely N-dealkylation sites (N-methyl/N-ethyl adjacent to an activating group) is 1. The van der Waals surface area contributed by atoms with Gasteiger partial charge in [0.25, 0.3) is 11.8 Å². The van der Waals surface area contributed by atoms with Gasteiger partial charge < -0.3 is 10.2 Å². The molecule has 0 spiro atoms. The average molecular weight is 366 g/mol. The largest absolute Gasteiger partial charge is 0.335 e. The predicted octanol–water partition coefficient (Wildman–Crippen LogP) is -0.286. The summed E-state index contributed by atoms with van der Waals surface area (Å²) < 4.78 is 0. The molecule has 0 unspecified atom stereocenters. The fourth-order valence-electron chi connectivity index (χ4n) is 2.77. The van der Waals surface area contributed by atoms with E-state index < -0.39 is 0 Å². The molecule has 1 aromatic carbocycles. The monoisotopic (exact) mass is 366 g/mol. The number of hydrogen-bond donors (Lipinski definition) is 3. The zero-order chi connectivity index (χ0) is 19.1. The van der Waals surface area contributed by atoms with E-state index in [4.69, 9.17) is 0 Å². The molecule has 0 atom stereocenters. The Labute approximate surface area is 158 Å². The van der Waals surface area contributed by atoms with Gasteiger partial charge in [-0.15, -0.1) is 0 Å². The van der Waals surface area contributed by atoms with Crippen molar-refractivity contribution in [1.29, 1.82) is 0 Å². The Morgan fingerprint density at radius 1 is 1.11 bits per heavy atom. The first kappa shape index (κ1) is 18.8. The second-order valence-electron chi connectivity index (χ2n) is 6.55. The molecule has 2 heterocycles. The minimum absolute atomic E-state index is 0.183. The van der Waals surface area contributed by atoms with Gasteiger partial charge in [-0.3, -0.25) is 20.0 Å². The number of aromatic nitrogens is 1. The number of quaternary nitrogens is 1. The lowest BCUT2D eigenvalue weighted by Crippen LogP contribution is -3.12. The van der Waals surface area contributed by atoms with E-state index in [0.717, 1.165) is 31.7 Å². The maximum atomic E-state index is 12.8. The van der Waals surface area contributed by atoms with E-state index in [1.54, 1.807) is 48.8 Å². The van der Waals surface area contributed by atoms with Crippen molar-refractivity contribution in [2.75, 3.05) is 33.2 Å². The van der Waals surface area contributed by atoms with Crippen molar-refractivity contribution < 1.29 is 14.5 Å². The Kier molecular flexibility index (Phi) is 6.30. The summed E-state index contributed by atoms with van der Waals surface area (Å²) in [4.78, 5) is 30.8.